The molecule has 234 valence electrons. The maximum atomic E-state index is 15.1. The molecule has 0 radical (unpaired) electrons. The molecule has 1 amide bonds. The Morgan fingerprint density at radius 1 is 1.11 bits per heavy atom. The smallest absolute Gasteiger partial charge is 0.234 e. The quantitative estimate of drug-likeness (QED) is 0.139. The molecule has 44 heavy (non-hydrogen) atoms. The molecule has 1 fully saturated rings. The standard InChI is InChI=1S/C33H42FN7O3/c1-22(23-11-6-5-7-12-23)41(21-24-16-17-25(19-28(24)43-4)44-18-10-15-31(42)35-2)30-20-29(34)37-32(38-30)39-33-36-26-13-8-9-14-27(26)40(33)3/h8-9,13-14,16-17,19-20,22-23H,5-7,10-12,15,18,21H2,1-4H3,(H,35,42)(H,36,37,38,39). The maximum absolute atomic E-state index is 15.1. The zero-order chi connectivity index (χ0) is 31.1. The van der Waals surface area contributed by atoms with Crippen molar-refractivity contribution in [2.75, 3.05) is 31.0 Å². The van der Waals surface area contributed by atoms with Crippen LogP contribution < -0.4 is 25.0 Å². The van der Waals surface area contributed by atoms with Gasteiger partial charge in [0.15, 0.2) is 0 Å². The predicted octanol–water partition coefficient (Wildman–Crippen LogP) is 6.14. The van der Waals surface area contributed by atoms with E-state index in [1.54, 1.807) is 14.2 Å². The van der Waals surface area contributed by atoms with E-state index in [1.165, 1.54) is 25.3 Å². The van der Waals surface area contributed by atoms with Crippen molar-refractivity contribution in [2.24, 2.45) is 13.0 Å². The van der Waals surface area contributed by atoms with Gasteiger partial charge in [-0.25, -0.2) is 4.98 Å². The maximum Gasteiger partial charge on any atom is 0.234 e. The number of anilines is 3. The van der Waals surface area contributed by atoms with Crippen molar-refractivity contribution >= 4 is 34.7 Å². The molecule has 10 nitrogen and oxygen atoms in total. The van der Waals surface area contributed by atoms with Gasteiger partial charge in [-0.2, -0.15) is 14.4 Å². The molecule has 4 aromatic rings. The minimum Gasteiger partial charge on any atom is -0.496 e. The molecule has 0 bridgehead atoms. The number of nitrogens with zero attached hydrogens (tertiary/aromatic N) is 5. The minimum atomic E-state index is -0.621. The Hall–Kier alpha value is -4.41. The average Bonchev–Trinajstić information content (AvgIpc) is 3.36. The van der Waals surface area contributed by atoms with Crippen LogP contribution in [0.3, 0.4) is 0 Å². The van der Waals surface area contributed by atoms with Crippen LogP contribution in [0.5, 0.6) is 11.5 Å². The van der Waals surface area contributed by atoms with Crippen LogP contribution in [0.1, 0.15) is 57.4 Å². The van der Waals surface area contributed by atoms with Crippen LogP contribution in [0.2, 0.25) is 0 Å². The number of rotatable bonds is 13. The van der Waals surface area contributed by atoms with Gasteiger partial charge < -0.3 is 24.3 Å². The second-order valence-corrected chi connectivity index (χ2v) is 11.3. The van der Waals surface area contributed by atoms with Crippen LogP contribution in [-0.4, -0.2) is 52.2 Å². The number of benzene rings is 2. The lowest BCUT2D eigenvalue weighted by Crippen LogP contribution is -2.40. The highest BCUT2D eigenvalue weighted by Crippen LogP contribution is 2.34. The Balaban J connectivity index is 1.41. The molecule has 0 spiro atoms. The van der Waals surface area contributed by atoms with Crippen LogP contribution >= 0.6 is 0 Å². The Kier molecular flexibility index (Phi) is 10.1. The summed E-state index contributed by atoms with van der Waals surface area (Å²) in [6.07, 6.45) is 6.89. The normalized spacial score (nSPS) is 14.3. The fraction of sp³-hybridized carbons (Fsp3) is 0.455. The number of aromatic nitrogens is 4. The number of amides is 1. The number of aryl methyl sites for hydroxylation is 1. The van der Waals surface area contributed by atoms with Gasteiger partial charge >= 0.3 is 0 Å². The largest absolute Gasteiger partial charge is 0.496 e. The lowest BCUT2D eigenvalue weighted by molar-refractivity contribution is -0.120. The van der Waals surface area contributed by atoms with E-state index < -0.39 is 5.95 Å². The summed E-state index contributed by atoms with van der Waals surface area (Å²) < 4.78 is 28.7. The lowest BCUT2D eigenvalue weighted by atomic mass is 9.84. The number of carbonyl (C=O) groups excluding carboxylic acids is 1. The van der Waals surface area contributed by atoms with Crippen LogP contribution in [-0.2, 0) is 18.4 Å². The average molecular weight is 604 g/mol. The predicted molar refractivity (Wildman–Crippen MR) is 170 cm³/mol. The van der Waals surface area contributed by atoms with Crippen LogP contribution in [0.15, 0.2) is 48.5 Å². The zero-order valence-corrected chi connectivity index (χ0v) is 26.0. The van der Waals surface area contributed by atoms with Crippen molar-refractivity contribution in [1.82, 2.24) is 24.8 Å². The zero-order valence-electron chi connectivity index (χ0n) is 26.0. The second kappa shape index (κ2) is 14.4. The number of carbonyl (C=O) groups is 1. The molecule has 2 heterocycles. The highest BCUT2D eigenvalue weighted by Gasteiger charge is 2.28. The van der Waals surface area contributed by atoms with E-state index in [4.69, 9.17) is 14.5 Å². The van der Waals surface area contributed by atoms with Crippen molar-refractivity contribution in [2.45, 2.75) is 64.5 Å². The van der Waals surface area contributed by atoms with E-state index in [1.807, 2.05) is 54.1 Å². The number of hydrogen-bond donors (Lipinski definition) is 2. The Morgan fingerprint density at radius 2 is 1.91 bits per heavy atom. The molecule has 11 heteroatoms. The monoisotopic (exact) mass is 603 g/mol. The molecular weight excluding hydrogens is 561 g/mol. The number of imidazole rings is 1. The van der Waals surface area contributed by atoms with Gasteiger partial charge in [-0.05, 0) is 56.4 Å². The van der Waals surface area contributed by atoms with Crippen LogP contribution in [0.4, 0.5) is 22.1 Å². The first-order valence-electron chi connectivity index (χ1n) is 15.4. The van der Waals surface area contributed by atoms with Crippen molar-refractivity contribution < 1.29 is 18.7 Å². The Bertz CT molecular complexity index is 1570. The molecule has 0 aliphatic heterocycles. The third-order valence-electron chi connectivity index (χ3n) is 8.51. The highest BCUT2D eigenvalue weighted by molar-refractivity contribution is 5.79. The summed E-state index contributed by atoms with van der Waals surface area (Å²) in [7, 11) is 5.16. The van der Waals surface area contributed by atoms with Gasteiger partial charge in [0.2, 0.25) is 23.8 Å². The molecule has 2 N–H and O–H groups in total. The van der Waals surface area contributed by atoms with Crippen LogP contribution in [0, 0.1) is 11.9 Å². The Morgan fingerprint density at radius 3 is 2.66 bits per heavy atom. The molecule has 1 aliphatic rings. The number of ether oxygens (including phenoxy) is 2. The van der Waals surface area contributed by atoms with Gasteiger partial charge in [0.25, 0.3) is 0 Å². The lowest BCUT2D eigenvalue weighted by Gasteiger charge is -2.38. The van der Waals surface area contributed by atoms with E-state index in [2.05, 4.69) is 32.4 Å². The van der Waals surface area contributed by atoms with Crippen LogP contribution in [0.25, 0.3) is 11.0 Å². The van der Waals surface area contributed by atoms with E-state index in [-0.39, 0.29) is 17.9 Å². The van der Waals surface area contributed by atoms with Crippen molar-refractivity contribution in [3.05, 3.63) is 60.0 Å². The topological polar surface area (TPSA) is 106 Å². The molecule has 2 aromatic heterocycles. The summed E-state index contributed by atoms with van der Waals surface area (Å²) >= 11 is 0. The third kappa shape index (κ3) is 7.38. The number of para-hydroxylation sites is 2. The number of methoxy groups -OCH3 is 1. The number of nitrogens with one attached hydrogen (secondary N) is 2. The molecule has 1 aliphatic carbocycles. The SMILES string of the molecule is CNC(=O)CCCOc1ccc(CN(c2cc(F)nc(Nc3nc4ccccc4n3C)n2)C(C)C2CCCCC2)c(OC)c1. The summed E-state index contributed by atoms with van der Waals surface area (Å²) in [5.41, 5.74) is 2.70. The van der Waals surface area contributed by atoms with E-state index in [0.717, 1.165) is 29.4 Å². The van der Waals surface area contributed by atoms with E-state index >= 15 is 4.39 Å². The first kappa shape index (κ1) is 31.0. The van der Waals surface area contributed by atoms with Gasteiger partial charge in [-0.3, -0.25) is 10.1 Å². The van der Waals surface area contributed by atoms with E-state index in [9.17, 15) is 4.79 Å². The molecule has 2 aromatic carbocycles. The summed E-state index contributed by atoms with van der Waals surface area (Å²) in [6.45, 7) is 3.08. The summed E-state index contributed by atoms with van der Waals surface area (Å²) in [5.74, 6) is 2.32. The second-order valence-electron chi connectivity index (χ2n) is 11.3. The summed E-state index contributed by atoms with van der Waals surface area (Å²) in [6, 6.07) is 15.0. The molecule has 5 rings (SSSR count). The van der Waals surface area contributed by atoms with Gasteiger partial charge in [-0.15, -0.1) is 0 Å². The van der Waals surface area contributed by atoms with Gasteiger partial charge in [0, 0.05) is 50.8 Å². The van der Waals surface area contributed by atoms with Crippen molar-refractivity contribution in [1.29, 1.82) is 0 Å². The fourth-order valence-electron chi connectivity index (χ4n) is 5.95. The van der Waals surface area contributed by atoms with Gasteiger partial charge in [0.1, 0.15) is 17.3 Å². The molecular formula is C33H42FN7O3. The molecule has 1 unspecified atom stereocenters. The first-order valence-corrected chi connectivity index (χ1v) is 15.4. The number of hydrogen-bond acceptors (Lipinski definition) is 8. The van der Waals surface area contributed by atoms with Crippen molar-refractivity contribution in [3.8, 4) is 11.5 Å². The van der Waals surface area contributed by atoms with E-state index in [0.29, 0.717) is 55.2 Å². The number of fused-ring (bicyclic) bond motifs is 1. The number of halogens is 1. The highest BCUT2D eigenvalue weighted by atomic mass is 19.1. The van der Waals surface area contributed by atoms with Crippen molar-refractivity contribution in [3.63, 3.8) is 0 Å². The third-order valence-corrected chi connectivity index (χ3v) is 8.51. The molecule has 0 saturated heterocycles. The molecule has 1 saturated carbocycles. The summed E-state index contributed by atoms with van der Waals surface area (Å²) in [5, 5.41) is 5.76. The fourth-order valence-corrected chi connectivity index (χ4v) is 5.95. The summed E-state index contributed by atoms with van der Waals surface area (Å²) in [4.78, 5) is 27.2. The van der Waals surface area contributed by atoms with Gasteiger partial charge in [-0.1, -0.05) is 31.4 Å². The first-order chi connectivity index (χ1) is 21.4. The molecule has 1 atom stereocenters. The Labute approximate surface area is 258 Å². The minimum absolute atomic E-state index is 0.0124. The van der Waals surface area contributed by atoms with Gasteiger partial charge in [0.05, 0.1) is 24.8 Å².